The summed E-state index contributed by atoms with van der Waals surface area (Å²) in [4.78, 5) is 4.32. The molecule has 1 atom stereocenters. The molecule has 0 radical (unpaired) electrons. The van der Waals surface area contributed by atoms with Crippen molar-refractivity contribution in [1.82, 2.24) is 0 Å². The lowest BCUT2D eigenvalue weighted by atomic mass is 10.1. The van der Waals surface area contributed by atoms with E-state index < -0.39 is 0 Å². The molecule has 0 heterocycles. The number of benzene rings is 1. The normalized spacial score (nSPS) is 13.3. The summed E-state index contributed by atoms with van der Waals surface area (Å²) in [6, 6.07) is 7.12. The molecule has 1 aromatic rings. The van der Waals surface area contributed by atoms with Crippen molar-refractivity contribution in [3.05, 3.63) is 29.8 Å². The Bertz CT molecular complexity index is 307. The predicted octanol–water partition coefficient (Wildman–Crippen LogP) is 2.86. The Labute approximate surface area is 85.3 Å². The van der Waals surface area contributed by atoms with E-state index >= 15 is 0 Å². The van der Waals surface area contributed by atoms with Crippen LogP contribution in [0.15, 0.2) is 29.3 Å². The van der Waals surface area contributed by atoms with Crippen LogP contribution >= 0.6 is 0 Å². The van der Waals surface area contributed by atoms with E-state index in [0.29, 0.717) is 5.92 Å². The fourth-order valence-electron chi connectivity index (χ4n) is 1.07. The first-order valence-corrected chi connectivity index (χ1v) is 5.01. The fourth-order valence-corrected chi connectivity index (χ4v) is 1.07. The molecule has 0 aliphatic carbocycles. The van der Waals surface area contributed by atoms with Crippen LogP contribution in [-0.2, 0) is 0 Å². The average Bonchev–Trinajstić information content (AvgIpc) is 2.17. The zero-order valence-corrected chi connectivity index (χ0v) is 8.77. The average molecular weight is 191 g/mol. The van der Waals surface area contributed by atoms with Crippen molar-refractivity contribution in [2.24, 2.45) is 10.9 Å². The van der Waals surface area contributed by atoms with Crippen molar-refractivity contribution < 1.29 is 5.11 Å². The van der Waals surface area contributed by atoms with Gasteiger partial charge in [0.1, 0.15) is 5.75 Å². The number of rotatable bonds is 4. The number of hydrogen-bond donors (Lipinski definition) is 1. The van der Waals surface area contributed by atoms with Crippen LogP contribution < -0.4 is 0 Å². The second-order valence-corrected chi connectivity index (χ2v) is 3.60. The van der Waals surface area contributed by atoms with Crippen LogP contribution in [0.4, 0.5) is 0 Å². The minimum Gasteiger partial charge on any atom is -0.508 e. The van der Waals surface area contributed by atoms with Gasteiger partial charge >= 0.3 is 0 Å². The van der Waals surface area contributed by atoms with Crippen molar-refractivity contribution in [2.45, 2.75) is 20.3 Å². The molecular formula is C12H17NO. The standard InChI is InChI=1S/C12H17NO/c1-3-10(2)8-13-9-11-5-4-6-12(14)7-11/h4-7,9-10,14H,3,8H2,1-2H3/b13-9+. The highest BCUT2D eigenvalue weighted by atomic mass is 16.3. The van der Waals surface area contributed by atoms with Crippen LogP contribution in [0.5, 0.6) is 5.75 Å². The number of phenols is 1. The van der Waals surface area contributed by atoms with Crippen LogP contribution in [0.2, 0.25) is 0 Å². The Morgan fingerprint density at radius 1 is 1.50 bits per heavy atom. The summed E-state index contributed by atoms with van der Waals surface area (Å²) < 4.78 is 0. The molecule has 1 unspecified atom stereocenters. The lowest BCUT2D eigenvalue weighted by molar-refractivity contribution is 0.475. The number of aliphatic imine (C=N–C) groups is 1. The van der Waals surface area contributed by atoms with E-state index in [9.17, 15) is 5.11 Å². The zero-order chi connectivity index (χ0) is 10.4. The maximum Gasteiger partial charge on any atom is 0.116 e. The number of aromatic hydroxyl groups is 1. The first-order valence-electron chi connectivity index (χ1n) is 5.01. The summed E-state index contributed by atoms with van der Waals surface area (Å²) in [5.74, 6) is 0.918. The Morgan fingerprint density at radius 2 is 2.29 bits per heavy atom. The van der Waals surface area contributed by atoms with Gasteiger partial charge in [0.25, 0.3) is 0 Å². The summed E-state index contributed by atoms with van der Waals surface area (Å²) in [7, 11) is 0. The molecule has 0 aliphatic heterocycles. The van der Waals surface area contributed by atoms with Crippen molar-refractivity contribution in [2.75, 3.05) is 6.54 Å². The Morgan fingerprint density at radius 3 is 2.93 bits per heavy atom. The highest BCUT2D eigenvalue weighted by molar-refractivity contribution is 5.80. The van der Waals surface area contributed by atoms with E-state index in [1.54, 1.807) is 12.1 Å². The smallest absolute Gasteiger partial charge is 0.116 e. The fraction of sp³-hybridized carbons (Fsp3) is 0.417. The summed E-state index contributed by atoms with van der Waals surface area (Å²) in [5.41, 5.74) is 0.952. The molecule has 1 aromatic carbocycles. The first kappa shape index (κ1) is 10.8. The molecule has 0 saturated heterocycles. The Balaban J connectivity index is 2.51. The monoisotopic (exact) mass is 191 g/mol. The SMILES string of the molecule is CCC(C)C/N=C/c1cccc(O)c1. The molecule has 0 aromatic heterocycles. The molecule has 76 valence electrons. The maximum absolute atomic E-state index is 9.21. The van der Waals surface area contributed by atoms with E-state index in [0.717, 1.165) is 18.5 Å². The van der Waals surface area contributed by atoms with Crippen LogP contribution in [-0.4, -0.2) is 17.9 Å². The third-order valence-corrected chi connectivity index (χ3v) is 2.22. The molecule has 0 bridgehead atoms. The third kappa shape index (κ3) is 3.60. The molecule has 0 saturated carbocycles. The van der Waals surface area contributed by atoms with Gasteiger partial charge in [0, 0.05) is 12.8 Å². The van der Waals surface area contributed by atoms with Gasteiger partial charge in [-0.2, -0.15) is 0 Å². The molecule has 1 N–H and O–H groups in total. The van der Waals surface area contributed by atoms with Crippen LogP contribution in [0.3, 0.4) is 0 Å². The van der Waals surface area contributed by atoms with Crippen molar-refractivity contribution in [3.8, 4) is 5.75 Å². The number of hydrogen-bond acceptors (Lipinski definition) is 2. The van der Waals surface area contributed by atoms with Gasteiger partial charge in [-0.25, -0.2) is 0 Å². The number of nitrogens with zero attached hydrogens (tertiary/aromatic N) is 1. The summed E-state index contributed by atoms with van der Waals surface area (Å²) >= 11 is 0. The summed E-state index contributed by atoms with van der Waals surface area (Å²) in [6.45, 7) is 5.19. The lowest BCUT2D eigenvalue weighted by Gasteiger charge is -2.02. The van der Waals surface area contributed by atoms with Gasteiger partial charge in [-0.3, -0.25) is 4.99 Å². The van der Waals surface area contributed by atoms with Gasteiger partial charge in [-0.05, 0) is 23.6 Å². The lowest BCUT2D eigenvalue weighted by Crippen LogP contribution is -1.96. The van der Waals surface area contributed by atoms with E-state index in [1.165, 1.54) is 0 Å². The van der Waals surface area contributed by atoms with Gasteiger partial charge in [-0.1, -0.05) is 32.4 Å². The van der Waals surface area contributed by atoms with Gasteiger partial charge in [0.2, 0.25) is 0 Å². The third-order valence-electron chi connectivity index (χ3n) is 2.22. The van der Waals surface area contributed by atoms with Gasteiger partial charge in [0.15, 0.2) is 0 Å². The number of phenolic OH excluding ortho intramolecular Hbond substituents is 1. The second kappa shape index (κ2) is 5.43. The molecule has 0 aliphatic rings. The van der Waals surface area contributed by atoms with Gasteiger partial charge in [0.05, 0.1) is 0 Å². The Kier molecular flexibility index (Phi) is 4.17. The minimum atomic E-state index is 0.289. The van der Waals surface area contributed by atoms with Crippen molar-refractivity contribution in [3.63, 3.8) is 0 Å². The largest absolute Gasteiger partial charge is 0.508 e. The molecule has 2 nitrogen and oxygen atoms in total. The minimum absolute atomic E-state index is 0.289. The molecule has 0 fully saturated rings. The molecule has 1 rings (SSSR count). The molecule has 0 spiro atoms. The van der Waals surface area contributed by atoms with E-state index in [1.807, 2.05) is 18.3 Å². The topological polar surface area (TPSA) is 32.6 Å². The van der Waals surface area contributed by atoms with E-state index in [4.69, 9.17) is 0 Å². The van der Waals surface area contributed by atoms with Crippen LogP contribution in [0.1, 0.15) is 25.8 Å². The molecule has 14 heavy (non-hydrogen) atoms. The van der Waals surface area contributed by atoms with Crippen molar-refractivity contribution in [1.29, 1.82) is 0 Å². The van der Waals surface area contributed by atoms with Gasteiger partial charge in [-0.15, -0.1) is 0 Å². The summed E-state index contributed by atoms with van der Waals surface area (Å²) in [5, 5.41) is 9.21. The second-order valence-electron chi connectivity index (χ2n) is 3.60. The predicted molar refractivity (Wildman–Crippen MR) is 60.0 cm³/mol. The quantitative estimate of drug-likeness (QED) is 0.729. The molecule has 0 amide bonds. The van der Waals surface area contributed by atoms with E-state index in [-0.39, 0.29) is 5.75 Å². The zero-order valence-electron chi connectivity index (χ0n) is 8.77. The van der Waals surface area contributed by atoms with Crippen LogP contribution in [0.25, 0.3) is 0 Å². The first-order chi connectivity index (χ1) is 6.72. The summed E-state index contributed by atoms with van der Waals surface area (Å²) in [6.07, 6.45) is 2.96. The van der Waals surface area contributed by atoms with Crippen LogP contribution in [0, 0.1) is 5.92 Å². The Hall–Kier alpha value is -1.31. The highest BCUT2D eigenvalue weighted by Gasteiger charge is 1.94. The van der Waals surface area contributed by atoms with Gasteiger partial charge < -0.3 is 5.11 Å². The maximum atomic E-state index is 9.21. The molecular weight excluding hydrogens is 174 g/mol. The van der Waals surface area contributed by atoms with Crippen molar-refractivity contribution >= 4 is 6.21 Å². The van der Waals surface area contributed by atoms with E-state index in [2.05, 4.69) is 18.8 Å². The highest BCUT2D eigenvalue weighted by Crippen LogP contribution is 2.09. The molecule has 2 heteroatoms.